The van der Waals surface area contributed by atoms with E-state index in [1.165, 1.54) is 5.69 Å². The number of rotatable bonds is 5. The molecule has 1 N–H and O–H groups in total. The SMILES string of the molecule is O=C(Nc1ccc(N2CCOCC2)cc1)[C@@H]1CCCN(Cc2ccccc2Cl)C1. The third-order valence-corrected chi connectivity index (χ3v) is 6.11. The van der Waals surface area contributed by atoms with Crippen molar-refractivity contribution < 1.29 is 9.53 Å². The number of hydrogen-bond donors (Lipinski definition) is 1. The number of likely N-dealkylation sites (tertiary alicyclic amines) is 1. The van der Waals surface area contributed by atoms with E-state index in [1.807, 2.05) is 30.3 Å². The van der Waals surface area contributed by atoms with E-state index in [2.05, 4.69) is 33.3 Å². The van der Waals surface area contributed by atoms with Crippen LogP contribution in [0.3, 0.4) is 0 Å². The number of anilines is 2. The van der Waals surface area contributed by atoms with Crippen molar-refractivity contribution in [3.05, 3.63) is 59.1 Å². The summed E-state index contributed by atoms with van der Waals surface area (Å²) in [6.45, 7) is 5.92. The topological polar surface area (TPSA) is 44.8 Å². The molecule has 2 aliphatic rings. The van der Waals surface area contributed by atoms with E-state index in [1.54, 1.807) is 0 Å². The second-order valence-corrected chi connectivity index (χ2v) is 8.21. The van der Waals surface area contributed by atoms with E-state index in [4.69, 9.17) is 16.3 Å². The molecule has 2 heterocycles. The monoisotopic (exact) mass is 413 g/mol. The zero-order chi connectivity index (χ0) is 20.1. The number of nitrogens with one attached hydrogen (secondary N) is 1. The van der Waals surface area contributed by atoms with Gasteiger partial charge < -0.3 is 15.0 Å². The van der Waals surface area contributed by atoms with E-state index < -0.39 is 0 Å². The summed E-state index contributed by atoms with van der Waals surface area (Å²) < 4.78 is 5.41. The van der Waals surface area contributed by atoms with Gasteiger partial charge in [0.15, 0.2) is 0 Å². The molecule has 6 heteroatoms. The smallest absolute Gasteiger partial charge is 0.228 e. The molecule has 2 aliphatic heterocycles. The molecule has 0 spiro atoms. The fourth-order valence-electron chi connectivity index (χ4n) is 4.10. The molecule has 4 rings (SSSR count). The molecule has 0 aliphatic carbocycles. The standard InChI is InChI=1S/C23H28ClN3O2/c24-22-6-2-1-4-18(22)16-26-11-3-5-19(17-26)23(28)25-20-7-9-21(10-8-20)27-12-14-29-15-13-27/h1-2,4,6-10,19H,3,5,11-17H2,(H,25,28)/t19-/m1/s1. The van der Waals surface area contributed by atoms with Crippen LogP contribution in [0.5, 0.6) is 0 Å². The lowest BCUT2D eigenvalue weighted by Gasteiger charge is -2.32. The number of benzene rings is 2. The van der Waals surface area contributed by atoms with Gasteiger partial charge >= 0.3 is 0 Å². The molecular weight excluding hydrogens is 386 g/mol. The third-order valence-electron chi connectivity index (χ3n) is 5.74. The maximum Gasteiger partial charge on any atom is 0.228 e. The first-order chi connectivity index (χ1) is 14.2. The average Bonchev–Trinajstić information content (AvgIpc) is 2.77. The minimum absolute atomic E-state index is 0.00478. The number of ether oxygens (including phenoxy) is 1. The van der Waals surface area contributed by atoms with Crippen LogP contribution >= 0.6 is 11.6 Å². The second-order valence-electron chi connectivity index (χ2n) is 7.80. The van der Waals surface area contributed by atoms with Crippen LogP contribution in [0.2, 0.25) is 5.02 Å². The molecule has 0 unspecified atom stereocenters. The fraction of sp³-hybridized carbons (Fsp3) is 0.435. The van der Waals surface area contributed by atoms with Crippen LogP contribution in [-0.4, -0.2) is 50.2 Å². The zero-order valence-electron chi connectivity index (χ0n) is 16.6. The summed E-state index contributed by atoms with van der Waals surface area (Å²) in [5.74, 6) is 0.109. The van der Waals surface area contributed by atoms with Crippen LogP contribution in [0.4, 0.5) is 11.4 Å². The number of halogens is 1. The summed E-state index contributed by atoms with van der Waals surface area (Å²) in [7, 11) is 0. The Labute approximate surface area is 177 Å². The predicted octanol–water partition coefficient (Wildman–Crippen LogP) is 4.03. The number of amides is 1. The van der Waals surface area contributed by atoms with Gasteiger partial charge in [0.25, 0.3) is 0 Å². The van der Waals surface area contributed by atoms with Gasteiger partial charge in [0.05, 0.1) is 19.1 Å². The average molecular weight is 414 g/mol. The van der Waals surface area contributed by atoms with Gasteiger partial charge in [-0.05, 0) is 55.3 Å². The number of morpholine rings is 1. The van der Waals surface area contributed by atoms with Gasteiger partial charge in [-0.3, -0.25) is 9.69 Å². The van der Waals surface area contributed by atoms with Gasteiger partial charge in [0, 0.05) is 42.6 Å². The molecule has 2 fully saturated rings. The quantitative estimate of drug-likeness (QED) is 0.803. The Kier molecular flexibility index (Phi) is 6.70. The number of piperidine rings is 1. The summed E-state index contributed by atoms with van der Waals surface area (Å²) in [6.07, 6.45) is 1.95. The van der Waals surface area contributed by atoms with E-state index in [0.29, 0.717) is 0 Å². The number of carbonyl (C=O) groups is 1. The van der Waals surface area contributed by atoms with Crippen molar-refractivity contribution in [3.8, 4) is 0 Å². The van der Waals surface area contributed by atoms with Crippen LogP contribution in [0.1, 0.15) is 18.4 Å². The first-order valence-corrected chi connectivity index (χ1v) is 10.8. The maximum absolute atomic E-state index is 12.8. The second kappa shape index (κ2) is 9.61. The number of nitrogens with zero attached hydrogens (tertiary/aromatic N) is 2. The molecule has 0 aromatic heterocycles. The molecule has 2 aromatic carbocycles. The van der Waals surface area contributed by atoms with Crippen molar-refractivity contribution >= 4 is 28.9 Å². The van der Waals surface area contributed by atoms with Crippen molar-refractivity contribution in [2.75, 3.05) is 49.6 Å². The van der Waals surface area contributed by atoms with Crippen molar-refractivity contribution in [3.63, 3.8) is 0 Å². The highest BCUT2D eigenvalue weighted by atomic mass is 35.5. The largest absolute Gasteiger partial charge is 0.378 e. The summed E-state index contributed by atoms with van der Waals surface area (Å²) in [5.41, 5.74) is 3.15. The first kappa shape index (κ1) is 20.2. The van der Waals surface area contributed by atoms with Crippen LogP contribution in [-0.2, 0) is 16.1 Å². The van der Waals surface area contributed by atoms with E-state index >= 15 is 0 Å². The first-order valence-electron chi connectivity index (χ1n) is 10.4. The van der Waals surface area contributed by atoms with E-state index in [9.17, 15) is 4.79 Å². The zero-order valence-corrected chi connectivity index (χ0v) is 17.4. The van der Waals surface area contributed by atoms with Gasteiger partial charge in [0.1, 0.15) is 0 Å². The summed E-state index contributed by atoms with van der Waals surface area (Å²) in [4.78, 5) is 17.5. The molecule has 29 heavy (non-hydrogen) atoms. The molecule has 154 valence electrons. The van der Waals surface area contributed by atoms with Crippen LogP contribution in [0, 0.1) is 5.92 Å². The molecule has 1 amide bonds. The summed E-state index contributed by atoms with van der Waals surface area (Å²) >= 11 is 6.30. The molecule has 0 radical (unpaired) electrons. The Bertz CT molecular complexity index is 821. The molecule has 5 nitrogen and oxygen atoms in total. The molecule has 2 aromatic rings. The third kappa shape index (κ3) is 5.30. The van der Waals surface area contributed by atoms with Gasteiger partial charge in [-0.2, -0.15) is 0 Å². The van der Waals surface area contributed by atoms with Gasteiger partial charge in [-0.1, -0.05) is 29.8 Å². The molecule has 1 atom stereocenters. The van der Waals surface area contributed by atoms with Crippen LogP contribution in [0.15, 0.2) is 48.5 Å². The highest BCUT2D eigenvalue weighted by Gasteiger charge is 2.26. The van der Waals surface area contributed by atoms with E-state index in [0.717, 1.165) is 75.1 Å². The lowest BCUT2D eigenvalue weighted by molar-refractivity contribution is -0.121. The van der Waals surface area contributed by atoms with Gasteiger partial charge in [0.2, 0.25) is 5.91 Å². The Hall–Kier alpha value is -2.08. The Morgan fingerprint density at radius 2 is 1.83 bits per heavy atom. The van der Waals surface area contributed by atoms with Crippen molar-refractivity contribution in [1.29, 1.82) is 0 Å². The molecule has 0 bridgehead atoms. The molecule has 0 saturated carbocycles. The minimum atomic E-state index is 0.00478. The van der Waals surface area contributed by atoms with Crippen molar-refractivity contribution in [2.45, 2.75) is 19.4 Å². The van der Waals surface area contributed by atoms with E-state index in [-0.39, 0.29) is 11.8 Å². The molecular formula is C23H28ClN3O2. The van der Waals surface area contributed by atoms with Gasteiger partial charge in [-0.15, -0.1) is 0 Å². The predicted molar refractivity (Wildman–Crippen MR) is 118 cm³/mol. The lowest BCUT2D eigenvalue weighted by Crippen LogP contribution is -2.40. The van der Waals surface area contributed by atoms with Gasteiger partial charge in [-0.25, -0.2) is 0 Å². The number of hydrogen-bond acceptors (Lipinski definition) is 4. The summed E-state index contributed by atoms with van der Waals surface area (Å²) in [5, 5.41) is 3.89. The Morgan fingerprint density at radius 3 is 2.59 bits per heavy atom. The van der Waals surface area contributed by atoms with Crippen LogP contribution in [0.25, 0.3) is 0 Å². The Morgan fingerprint density at radius 1 is 1.07 bits per heavy atom. The fourth-order valence-corrected chi connectivity index (χ4v) is 4.30. The van der Waals surface area contributed by atoms with Crippen molar-refractivity contribution in [1.82, 2.24) is 4.90 Å². The Balaban J connectivity index is 1.32. The molecule has 2 saturated heterocycles. The minimum Gasteiger partial charge on any atom is -0.378 e. The highest BCUT2D eigenvalue weighted by Crippen LogP contribution is 2.24. The van der Waals surface area contributed by atoms with Crippen molar-refractivity contribution in [2.24, 2.45) is 5.92 Å². The lowest BCUT2D eigenvalue weighted by atomic mass is 9.96. The van der Waals surface area contributed by atoms with Crippen LogP contribution < -0.4 is 10.2 Å². The normalized spacial score (nSPS) is 20.4. The summed E-state index contributed by atoms with van der Waals surface area (Å²) in [6, 6.07) is 16.1. The number of carbonyl (C=O) groups excluding carboxylic acids is 1. The highest BCUT2D eigenvalue weighted by molar-refractivity contribution is 6.31. The maximum atomic E-state index is 12.8.